The van der Waals surface area contributed by atoms with E-state index in [-0.39, 0.29) is 11.6 Å². The van der Waals surface area contributed by atoms with Crippen molar-refractivity contribution in [2.45, 2.75) is 20.8 Å². The van der Waals surface area contributed by atoms with Gasteiger partial charge in [0.25, 0.3) is 0 Å². The molecule has 0 spiro atoms. The number of rotatable bonds is 3. The standard InChI is InChI=1S/C12H21N3O2/c1-4-15-11-8(3)6-14-7-9(11)10(13)12(16)17-5-2/h8,14H,4-7,13H2,1-3H3/b10-9-,15-11?/t8-/m1/s1. The van der Waals surface area contributed by atoms with Gasteiger partial charge in [0.15, 0.2) is 0 Å². The van der Waals surface area contributed by atoms with E-state index < -0.39 is 5.97 Å². The molecule has 1 aliphatic rings. The molecule has 0 aliphatic carbocycles. The predicted molar refractivity (Wildman–Crippen MR) is 67.9 cm³/mol. The van der Waals surface area contributed by atoms with Gasteiger partial charge in [0.1, 0.15) is 5.70 Å². The van der Waals surface area contributed by atoms with E-state index >= 15 is 0 Å². The van der Waals surface area contributed by atoms with E-state index in [0.717, 1.165) is 17.8 Å². The van der Waals surface area contributed by atoms with Crippen LogP contribution in [0.2, 0.25) is 0 Å². The molecule has 0 bridgehead atoms. The van der Waals surface area contributed by atoms with E-state index in [1.807, 2.05) is 6.92 Å². The smallest absolute Gasteiger partial charge is 0.354 e. The van der Waals surface area contributed by atoms with Crippen LogP contribution in [0.5, 0.6) is 0 Å². The van der Waals surface area contributed by atoms with Crippen LogP contribution in [0.1, 0.15) is 20.8 Å². The van der Waals surface area contributed by atoms with Crippen LogP contribution in [0, 0.1) is 5.92 Å². The molecule has 17 heavy (non-hydrogen) atoms. The monoisotopic (exact) mass is 239 g/mol. The largest absolute Gasteiger partial charge is 0.461 e. The lowest BCUT2D eigenvalue weighted by Crippen LogP contribution is -2.40. The van der Waals surface area contributed by atoms with Crippen LogP contribution in [0.4, 0.5) is 0 Å². The Morgan fingerprint density at radius 1 is 1.59 bits per heavy atom. The summed E-state index contributed by atoms with van der Waals surface area (Å²) in [5.74, 6) is -0.186. The number of nitrogens with two attached hydrogens (primary N) is 1. The third-order valence-corrected chi connectivity index (χ3v) is 2.68. The highest BCUT2D eigenvalue weighted by molar-refractivity contribution is 6.08. The SMILES string of the molecule is CCN=C1/C(=C(\N)C(=O)OCC)CNC[C@H]1C. The lowest BCUT2D eigenvalue weighted by atomic mass is 9.92. The zero-order chi connectivity index (χ0) is 12.8. The van der Waals surface area contributed by atoms with Gasteiger partial charge in [-0.25, -0.2) is 4.79 Å². The number of ether oxygens (including phenoxy) is 1. The Hall–Kier alpha value is -1.36. The number of hydrogen-bond acceptors (Lipinski definition) is 5. The molecule has 1 saturated heterocycles. The second kappa shape index (κ2) is 6.39. The van der Waals surface area contributed by atoms with E-state index in [2.05, 4.69) is 17.2 Å². The van der Waals surface area contributed by atoms with E-state index in [0.29, 0.717) is 19.7 Å². The van der Waals surface area contributed by atoms with Crippen LogP contribution in [0.15, 0.2) is 16.3 Å². The van der Waals surface area contributed by atoms with Crippen molar-refractivity contribution in [3.8, 4) is 0 Å². The molecule has 5 nitrogen and oxygen atoms in total. The second-order valence-corrected chi connectivity index (χ2v) is 4.00. The number of carbonyl (C=O) groups excluding carboxylic acids is 1. The Kier molecular flexibility index (Phi) is 5.15. The molecular weight excluding hydrogens is 218 g/mol. The molecule has 1 rings (SSSR count). The van der Waals surface area contributed by atoms with Crippen molar-refractivity contribution in [2.75, 3.05) is 26.2 Å². The molecule has 0 unspecified atom stereocenters. The van der Waals surface area contributed by atoms with Crippen molar-refractivity contribution in [3.05, 3.63) is 11.3 Å². The molecule has 1 aliphatic heterocycles. The highest BCUT2D eigenvalue weighted by atomic mass is 16.5. The van der Waals surface area contributed by atoms with E-state index in [4.69, 9.17) is 10.5 Å². The van der Waals surface area contributed by atoms with Crippen LogP contribution < -0.4 is 11.1 Å². The Morgan fingerprint density at radius 2 is 2.29 bits per heavy atom. The third kappa shape index (κ3) is 3.30. The second-order valence-electron chi connectivity index (χ2n) is 4.00. The lowest BCUT2D eigenvalue weighted by molar-refractivity contribution is -0.138. The van der Waals surface area contributed by atoms with Gasteiger partial charge in [0.2, 0.25) is 0 Å². The van der Waals surface area contributed by atoms with Gasteiger partial charge in [-0.1, -0.05) is 6.92 Å². The molecule has 0 amide bonds. The molecule has 1 heterocycles. The molecule has 0 saturated carbocycles. The summed E-state index contributed by atoms with van der Waals surface area (Å²) in [7, 11) is 0. The van der Waals surface area contributed by atoms with Gasteiger partial charge >= 0.3 is 5.97 Å². The molecular formula is C12H21N3O2. The fraction of sp³-hybridized carbons (Fsp3) is 0.667. The maximum Gasteiger partial charge on any atom is 0.354 e. The fourth-order valence-electron chi connectivity index (χ4n) is 1.89. The van der Waals surface area contributed by atoms with Crippen molar-refractivity contribution in [1.82, 2.24) is 5.32 Å². The minimum atomic E-state index is -0.456. The quantitative estimate of drug-likeness (QED) is 0.554. The number of hydrogen-bond donors (Lipinski definition) is 2. The zero-order valence-electron chi connectivity index (χ0n) is 10.7. The summed E-state index contributed by atoms with van der Waals surface area (Å²) < 4.78 is 4.91. The number of aliphatic imine (C=N–C) groups is 1. The van der Waals surface area contributed by atoms with Crippen LogP contribution in [0.25, 0.3) is 0 Å². The van der Waals surface area contributed by atoms with Gasteiger partial charge in [0, 0.05) is 36.8 Å². The van der Waals surface area contributed by atoms with Gasteiger partial charge in [0.05, 0.1) is 6.61 Å². The normalized spacial score (nSPS) is 25.8. The summed E-state index contributed by atoms with van der Waals surface area (Å²) in [4.78, 5) is 16.1. The van der Waals surface area contributed by atoms with E-state index in [1.54, 1.807) is 6.92 Å². The summed E-state index contributed by atoms with van der Waals surface area (Å²) in [6.45, 7) is 8.26. The number of esters is 1. The molecule has 1 atom stereocenters. The fourth-order valence-corrected chi connectivity index (χ4v) is 1.89. The molecule has 1 fully saturated rings. The zero-order valence-corrected chi connectivity index (χ0v) is 10.7. The minimum absolute atomic E-state index is 0.179. The first-order chi connectivity index (χ1) is 8.11. The van der Waals surface area contributed by atoms with Gasteiger partial charge in [-0.05, 0) is 13.8 Å². The maximum atomic E-state index is 11.6. The summed E-state index contributed by atoms with van der Waals surface area (Å²) in [6.07, 6.45) is 0. The molecule has 0 radical (unpaired) electrons. The average Bonchev–Trinajstić information content (AvgIpc) is 2.31. The molecule has 3 N–H and O–H groups in total. The summed E-state index contributed by atoms with van der Waals surface area (Å²) >= 11 is 0. The Labute approximate surface area is 102 Å². The van der Waals surface area contributed by atoms with Crippen molar-refractivity contribution < 1.29 is 9.53 Å². The number of nitrogens with zero attached hydrogens (tertiary/aromatic N) is 1. The van der Waals surface area contributed by atoms with Crippen molar-refractivity contribution in [3.63, 3.8) is 0 Å². The highest BCUT2D eigenvalue weighted by Crippen LogP contribution is 2.15. The van der Waals surface area contributed by atoms with Crippen molar-refractivity contribution >= 4 is 11.7 Å². The van der Waals surface area contributed by atoms with Crippen molar-refractivity contribution in [2.24, 2.45) is 16.6 Å². The summed E-state index contributed by atoms with van der Waals surface area (Å²) in [6, 6.07) is 0. The van der Waals surface area contributed by atoms with Crippen LogP contribution in [-0.2, 0) is 9.53 Å². The molecule has 96 valence electrons. The van der Waals surface area contributed by atoms with E-state index in [1.165, 1.54) is 0 Å². The average molecular weight is 239 g/mol. The maximum absolute atomic E-state index is 11.6. The number of piperidine rings is 1. The third-order valence-electron chi connectivity index (χ3n) is 2.68. The predicted octanol–water partition coefficient (Wildman–Crippen LogP) is 0.462. The summed E-state index contributed by atoms with van der Waals surface area (Å²) in [5.41, 5.74) is 7.73. The topological polar surface area (TPSA) is 76.7 Å². The van der Waals surface area contributed by atoms with Crippen LogP contribution in [-0.4, -0.2) is 37.9 Å². The number of nitrogens with one attached hydrogen (secondary N) is 1. The number of carbonyl (C=O) groups is 1. The van der Waals surface area contributed by atoms with Crippen LogP contribution >= 0.6 is 0 Å². The van der Waals surface area contributed by atoms with Gasteiger partial charge in [-0.3, -0.25) is 4.99 Å². The Balaban J connectivity index is 3.02. The van der Waals surface area contributed by atoms with Crippen molar-refractivity contribution in [1.29, 1.82) is 0 Å². The lowest BCUT2D eigenvalue weighted by Gasteiger charge is -2.25. The molecule has 0 aromatic heterocycles. The van der Waals surface area contributed by atoms with Gasteiger partial charge in [-0.2, -0.15) is 0 Å². The van der Waals surface area contributed by atoms with Crippen LogP contribution in [0.3, 0.4) is 0 Å². The summed E-state index contributed by atoms with van der Waals surface area (Å²) in [5, 5.41) is 3.22. The first-order valence-electron chi connectivity index (χ1n) is 6.02. The molecule has 0 aromatic rings. The Bertz CT molecular complexity index is 348. The first kappa shape index (κ1) is 13.7. The minimum Gasteiger partial charge on any atom is -0.461 e. The molecule has 0 aromatic carbocycles. The van der Waals surface area contributed by atoms with E-state index in [9.17, 15) is 4.79 Å². The Morgan fingerprint density at radius 3 is 2.88 bits per heavy atom. The van der Waals surface area contributed by atoms with Gasteiger partial charge in [-0.15, -0.1) is 0 Å². The molecule has 5 heteroatoms. The highest BCUT2D eigenvalue weighted by Gasteiger charge is 2.25. The van der Waals surface area contributed by atoms with Gasteiger partial charge < -0.3 is 15.8 Å². The first-order valence-corrected chi connectivity index (χ1v) is 6.02.